The van der Waals surface area contributed by atoms with Gasteiger partial charge in [0, 0.05) is 21.7 Å². The van der Waals surface area contributed by atoms with E-state index in [9.17, 15) is 13.2 Å². The maximum atomic E-state index is 10.7. The Morgan fingerprint density at radius 2 is 1.52 bits per heavy atom. The Kier molecular flexibility index (Phi) is 10.6. The Morgan fingerprint density at radius 1 is 0.939 bits per heavy atom. The largest absolute Gasteiger partial charge is 0.741 e. The van der Waals surface area contributed by atoms with Gasteiger partial charge in [0.15, 0.2) is 15.0 Å². The van der Waals surface area contributed by atoms with E-state index in [4.69, 9.17) is 22.4 Å². The molecule has 1 aliphatic rings. The first-order valence-corrected chi connectivity index (χ1v) is 14.1. The fourth-order valence-electron chi connectivity index (χ4n) is 3.28. The van der Waals surface area contributed by atoms with Crippen molar-refractivity contribution in [1.82, 2.24) is 0 Å². The van der Waals surface area contributed by atoms with Crippen LogP contribution in [0.25, 0.3) is 10.8 Å². The lowest BCUT2D eigenvalue weighted by Gasteiger charge is -2.13. The van der Waals surface area contributed by atoms with Crippen molar-refractivity contribution in [2.45, 2.75) is 62.8 Å². The van der Waals surface area contributed by atoms with Crippen LogP contribution in [0.2, 0.25) is 0 Å². The normalized spacial score (nSPS) is 14.7. The molecule has 0 spiro atoms. The maximum absolute atomic E-state index is 10.7. The average Bonchev–Trinajstić information content (AvgIpc) is 3.28. The number of halogens is 3. The first-order chi connectivity index (χ1) is 15.6. The summed E-state index contributed by atoms with van der Waals surface area (Å²) in [5.41, 5.74) is -5.65. The lowest BCUT2D eigenvalue weighted by atomic mass is 10.1. The molecule has 1 saturated heterocycles. The van der Waals surface area contributed by atoms with Crippen molar-refractivity contribution < 1.29 is 35.6 Å². The summed E-state index contributed by atoms with van der Waals surface area (Å²) in [7, 11) is -5.70. The summed E-state index contributed by atoms with van der Waals surface area (Å²) >= 11 is 0. The molecule has 0 saturated carbocycles. The number of hydrogen-bond donors (Lipinski definition) is 0. The number of benzene rings is 2. The number of fused-ring (bicyclic) bond motifs is 1. The number of ether oxygens (including phenoxy) is 2. The zero-order chi connectivity index (χ0) is 24.5. The van der Waals surface area contributed by atoms with E-state index in [1.165, 1.54) is 40.0 Å². The van der Waals surface area contributed by atoms with Crippen molar-refractivity contribution in [2.24, 2.45) is 0 Å². The molecule has 1 aliphatic heterocycles. The quantitative estimate of drug-likeness (QED) is 0.179. The minimum atomic E-state index is -6.09. The predicted octanol–water partition coefficient (Wildman–Crippen LogP) is 6.02. The third-order valence-electron chi connectivity index (χ3n) is 5.06. The van der Waals surface area contributed by atoms with Gasteiger partial charge in [-0.2, -0.15) is 13.2 Å². The molecule has 33 heavy (non-hydrogen) atoms. The molecule has 0 aliphatic carbocycles. The SMILES string of the molecule is CCCCOc1ccc2c(OCCCC)ccc([S+]3CCCC3)c2c1.O=S(=O)([O-])C(F)(F)F. The first-order valence-electron chi connectivity index (χ1n) is 11.1. The Balaban J connectivity index is 0.000000414. The number of rotatable bonds is 9. The molecule has 2 aromatic rings. The summed E-state index contributed by atoms with van der Waals surface area (Å²) in [5.74, 6) is 4.70. The van der Waals surface area contributed by atoms with Gasteiger partial charge in [-0.3, -0.25) is 0 Å². The van der Waals surface area contributed by atoms with Gasteiger partial charge in [-0.1, -0.05) is 26.7 Å². The lowest BCUT2D eigenvalue weighted by Crippen LogP contribution is -2.21. The molecule has 1 heterocycles. The molecular formula is C23H31F3O5S2. The van der Waals surface area contributed by atoms with Crippen molar-refractivity contribution in [2.75, 3.05) is 24.7 Å². The molecule has 0 radical (unpaired) electrons. The van der Waals surface area contributed by atoms with Gasteiger partial charge in [0.2, 0.25) is 0 Å². The third-order valence-corrected chi connectivity index (χ3v) is 8.16. The zero-order valence-corrected chi connectivity index (χ0v) is 20.6. The van der Waals surface area contributed by atoms with Gasteiger partial charge in [0.05, 0.1) is 13.2 Å². The van der Waals surface area contributed by atoms with Crippen LogP contribution in [0.4, 0.5) is 13.2 Å². The highest BCUT2D eigenvalue weighted by atomic mass is 32.2. The minimum absolute atomic E-state index is 0.392. The molecule has 0 bridgehead atoms. The molecule has 3 rings (SSSR count). The summed E-state index contributed by atoms with van der Waals surface area (Å²) in [4.78, 5) is 1.51. The minimum Gasteiger partial charge on any atom is -0.741 e. The predicted molar refractivity (Wildman–Crippen MR) is 125 cm³/mol. The summed E-state index contributed by atoms with van der Waals surface area (Å²) in [6, 6.07) is 11.1. The molecule has 0 N–H and O–H groups in total. The number of hydrogen-bond acceptors (Lipinski definition) is 5. The van der Waals surface area contributed by atoms with Gasteiger partial charge < -0.3 is 14.0 Å². The summed E-state index contributed by atoms with van der Waals surface area (Å²) in [6.07, 6.45) is 7.27. The van der Waals surface area contributed by atoms with E-state index in [2.05, 4.69) is 44.2 Å². The van der Waals surface area contributed by atoms with Gasteiger partial charge in [-0.05, 0) is 56.0 Å². The van der Waals surface area contributed by atoms with Crippen molar-refractivity contribution in [3.05, 3.63) is 30.3 Å². The smallest absolute Gasteiger partial charge is 0.485 e. The van der Waals surface area contributed by atoms with E-state index in [0.717, 1.165) is 50.4 Å². The fourth-order valence-corrected chi connectivity index (χ4v) is 5.77. The number of alkyl halides is 3. The van der Waals surface area contributed by atoms with Crippen molar-refractivity contribution in [3.63, 3.8) is 0 Å². The molecule has 0 atom stereocenters. The Morgan fingerprint density at radius 3 is 2.06 bits per heavy atom. The van der Waals surface area contributed by atoms with Crippen molar-refractivity contribution in [1.29, 1.82) is 0 Å². The van der Waals surface area contributed by atoms with Crippen LogP contribution in [0, 0.1) is 0 Å². The molecule has 1 fully saturated rings. The standard InChI is InChI=1S/C22H31O2S.CHF3O3S/c1-3-5-13-23-18-9-10-19-20(17-18)22(25-15-7-8-16-25)12-11-21(19)24-14-6-4-2;2-1(3,4)8(5,6)7/h9-12,17H,3-8,13-16H2,1-2H3;(H,5,6,7)/q+1;/p-1. The fraction of sp³-hybridized carbons (Fsp3) is 0.565. The Labute approximate surface area is 196 Å². The zero-order valence-electron chi connectivity index (χ0n) is 18.9. The van der Waals surface area contributed by atoms with Crippen LogP contribution >= 0.6 is 0 Å². The van der Waals surface area contributed by atoms with Gasteiger partial charge in [-0.25, -0.2) is 8.42 Å². The summed E-state index contributed by atoms with van der Waals surface area (Å²) in [6.45, 7) is 6.00. The van der Waals surface area contributed by atoms with E-state index < -0.39 is 15.6 Å². The average molecular weight is 509 g/mol. The molecular weight excluding hydrogens is 477 g/mol. The molecule has 5 nitrogen and oxygen atoms in total. The molecule has 10 heteroatoms. The Bertz CT molecular complexity index is 987. The second-order valence-corrected chi connectivity index (χ2v) is 11.3. The first kappa shape index (κ1) is 27.6. The molecule has 0 amide bonds. The highest BCUT2D eigenvalue weighted by molar-refractivity contribution is 7.97. The highest BCUT2D eigenvalue weighted by Gasteiger charge is 2.37. The summed E-state index contributed by atoms with van der Waals surface area (Å²) in [5, 5.41) is 2.59. The van der Waals surface area contributed by atoms with Gasteiger partial charge in [0.25, 0.3) is 0 Å². The van der Waals surface area contributed by atoms with E-state index >= 15 is 0 Å². The topological polar surface area (TPSA) is 75.7 Å². The monoisotopic (exact) mass is 508 g/mol. The van der Waals surface area contributed by atoms with E-state index in [0.29, 0.717) is 10.9 Å². The van der Waals surface area contributed by atoms with Gasteiger partial charge >= 0.3 is 5.51 Å². The van der Waals surface area contributed by atoms with Crippen molar-refractivity contribution in [3.8, 4) is 11.5 Å². The van der Waals surface area contributed by atoms with Crippen molar-refractivity contribution >= 4 is 31.8 Å². The van der Waals surface area contributed by atoms with E-state index in [-0.39, 0.29) is 0 Å². The van der Waals surface area contributed by atoms with Crippen LogP contribution in [-0.2, 0) is 21.0 Å². The van der Waals surface area contributed by atoms with E-state index in [1.807, 2.05) is 0 Å². The molecule has 0 unspecified atom stereocenters. The molecule has 186 valence electrons. The Hall–Kier alpha value is -1.65. The van der Waals surface area contributed by atoms with Gasteiger partial charge in [-0.15, -0.1) is 0 Å². The van der Waals surface area contributed by atoms with Crippen LogP contribution in [0.1, 0.15) is 52.4 Å². The van der Waals surface area contributed by atoms with E-state index in [1.54, 1.807) is 0 Å². The second-order valence-electron chi connectivity index (χ2n) is 7.68. The third kappa shape index (κ3) is 8.26. The molecule has 0 aromatic heterocycles. The van der Waals surface area contributed by atoms with Crippen LogP contribution in [-0.4, -0.2) is 43.2 Å². The lowest BCUT2D eigenvalue weighted by molar-refractivity contribution is -0.0517. The maximum Gasteiger partial charge on any atom is 0.485 e. The van der Waals surface area contributed by atoms with Crippen LogP contribution in [0.3, 0.4) is 0 Å². The van der Waals surface area contributed by atoms with Crippen LogP contribution in [0.15, 0.2) is 35.2 Å². The van der Waals surface area contributed by atoms with Gasteiger partial charge in [0.1, 0.15) is 23.0 Å². The van der Waals surface area contributed by atoms with Crippen LogP contribution in [0.5, 0.6) is 11.5 Å². The molecule has 2 aromatic carbocycles. The second kappa shape index (κ2) is 12.7. The highest BCUT2D eigenvalue weighted by Crippen LogP contribution is 2.37. The van der Waals surface area contributed by atoms with Crippen LogP contribution < -0.4 is 9.47 Å². The summed E-state index contributed by atoms with van der Waals surface area (Å²) < 4.78 is 71.0. The number of unbranched alkanes of at least 4 members (excludes halogenated alkanes) is 2.